The van der Waals surface area contributed by atoms with E-state index in [1.807, 2.05) is 0 Å². The van der Waals surface area contributed by atoms with Gasteiger partial charge in [-0.2, -0.15) is 4.98 Å². The number of aliphatic hydroxyl groups excluding tert-OH is 1. The van der Waals surface area contributed by atoms with Gasteiger partial charge in [0.05, 0.1) is 19.0 Å². The third kappa shape index (κ3) is 3.07. The summed E-state index contributed by atoms with van der Waals surface area (Å²) < 4.78 is 37.3. The first-order valence-corrected chi connectivity index (χ1v) is 8.22. The van der Waals surface area contributed by atoms with E-state index < -0.39 is 51.2 Å². The Morgan fingerprint density at radius 2 is 2.38 bits per heavy atom. The fourth-order valence-corrected chi connectivity index (χ4v) is 2.80. The SMILES string of the molecule is [2H]C([2H])[C@H]1C(O)[C@@H](COP(=O)(O)O)O[C@H]1n1cnc2c(=O)[nH]c(N)nc21. The first kappa shape index (κ1) is 14.5. The second-order valence-corrected chi connectivity index (χ2v) is 6.43. The van der Waals surface area contributed by atoms with Crippen LogP contribution < -0.4 is 11.3 Å². The van der Waals surface area contributed by atoms with Gasteiger partial charge in [0.25, 0.3) is 5.56 Å². The smallest absolute Gasteiger partial charge is 0.390 e. The van der Waals surface area contributed by atoms with Crippen molar-refractivity contribution in [2.24, 2.45) is 5.92 Å². The summed E-state index contributed by atoms with van der Waals surface area (Å²) in [7, 11) is -4.80. The van der Waals surface area contributed by atoms with Crippen LogP contribution in [0.1, 0.15) is 15.8 Å². The van der Waals surface area contributed by atoms with Crippen molar-refractivity contribution < 1.29 is 31.5 Å². The molecule has 0 saturated carbocycles. The van der Waals surface area contributed by atoms with Crippen LogP contribution in [0.2, 0.25) is 0 Å². The molecule has 0 aliphatic carbocycles. The van der Waals surface area contributed by atoms with Crippen molar-refractivity contribution in [3.63, 3.8) is 0 Å². The van der Waals surface area contributed by atoms with Crippen LogP contribution in [0, 0.1) is 5.92 Å². The fraction of sp³-hybridized carbons (Fsp3) is 0.545. The van der Waals surface area contributed by atoms with Crippen molar-refractivity contribution in [1.82, 2.24) is 19.5 Å². The minimum absolute atomic E-state index is 0.0191. The van der Waals surface area contributed by atoms with Gasteiger partial charge >= 0.3 is 7.82 Å². The predicted octanol–water partition coefficient (Wildman–Crippen LogP) is -1.29. The maximum atomic E-state index is 11.9. The molecule has 1 fully saturated rings. The Hall–Kier alpha value is -1.82. The van der Waals surface area contributed by atoms with Gasteiger partial charge in [-0.15, -0.1) is 0 Å². The molecule has 6 N–H and O–H groups in total. The molecule has 1 saturated heterocycles. The summed E-state index contributed by atoms with van der Waals surface area (Å²) >= 11 is 0. The second-order valence-electron chi connectivity index (χ2n) is 5.19. The number of ether oxygens (including phenoxy) is 1. The molecule has 13 heteroatoms. The van der Waals surface area contributed by atoms with E-state index in [1.54, 1.807) is 0 Å². The number of rotatable bonds is 4. The van der Waals surface area contributed by atoms with E-state index in [0.717, 1.165) is 0 Å². The number of nitrogen functional groups attached to an aromatic ring is 1. The average molecular weight is 363 g/mol. The van der Waals surface area contributed by atoms with Crippen LogP contribution in [-0.2, 0) is 13.8 Å². The zero-order valence-corrected chi connectivity index (χ0v) is 12.9. The van der Waals surface area contributed by atoms with Crippen molar-refractivity contribution in [2.45, 2.75) is 25.3 Å². The third-order valence-corrected chi connectivity index (χ3v) is 4.04. The zero-order valence-electron chi connectivity index (χ0n) is 14.0. The number of H-pyrrole nitrogens is 1. The van der Waals surface area contributed by atoms with Gasteiger partial charge in [0.1, 0.15) is 12.3 Å². The highest BCUT2D eigenvalue weighted by Gasteiger charge is 2.43. The molecule has 12 nitrogen and oxygen atoms in total. The van der Waals surface area contributed by atoms with Crippen LogP contribution in [0.15, 0.2) is 11.1 Å². The molecule has 0 amide bonds. The molecular formula is C11H16N5O7P. The normalized spacial score (nSPS) is 29.2. The molecule has 1 aliphatic heterocycles. The third-order valence-electron chi connectivity index (χ3n) is 3.55. The quantitative estimate of drug-likeness (QED) is 0.409. The van der Waals surface area contributed by atoms with Gasteiger partial charge in [-0.1, -0.05) is 6.88 Å². The molecular weight excluding hydrogens is 345 g/mol. The molecule has 4 atom stereocenters. The molecule has 0 spiro atoms. The van der Waals surface area contributed by atoms with E-state index in [9.17, 15) is 14.5 Å². The van der Waals surface area contributed by atoms with Gasteiger partial charge in [0.15, 0.2) is 11.2 Å². The molecule has 2 aromatic rings. The number of fused-ring (bicyclic) bond motifs is 1. The molecule has 3 heterocycles. The minimum atomic E-state index is -4.80. The Bertz CT molecular complexity index is 914. The van der Waals surface area contributed by atoms with Gasteiger partial charge in [0.2, 0.25) is 5.95 Å². The van der Waals surface area contributed by atoms with E-state index in [-0.39, 0.29) is 17.1 Å². The molecule has 3 rings (SSSR count). The number of aliphatic hydroxyl groups is 1. The highest BCUT2D eigenvalue weighted by Crippen LogP contribution is 2.40. The Morgan fingerprint density at radius 1 is 1.62 bits per heavy atom. The summed E-state index contributed by atoms with van der Waals surface area (Å²) in [5, 5.41) is 10.3. The summed E-state index contributed by atoms with van der Waals surface area (Å²) in [6, 6.07) is 0. The number of hydrogen-bond acceptors (Lipinski definition) is 8. The van der Waals surface area contributed by atoms with Crippen molar-refractivity contribution >= 4 is 24.9 Å². The monoisotopic (exact) mass is 363 g/mol. The van der Waals surface area contributed by atoms with E-state index in [1.165, 1.54) is 10.9 Å². The van der Waals surface area contributed by atoms with Crippen molar-refractivity contribution in [3.05, 3.63) is 16.7 Å². The summed E-state index contributed by atoms with van der Waals surface area (Å²) in [5.74, 6) is -1.31. The Balaban J connectivity index is 1.98. The van der Waals surface area contributed by atoms with Gasteiger partial charge in [-0.25, -0.2) is 9.55 Å². The molecule has 2 aromatic heterocycles. The molecule has 24 heavy (non-hydrogen) atoms. The largest absolute Gasteiger partial charge is 0.469 e. The number of phosphoric acid groups is 1. The number of anilines is 1. The topological polar surface area (TPSA) is 186 Å². The number of aromatic amines is 1. The molecule has 0 aromatic carbocycles. The second kappa shape index (κ2) is 5.92. The average Bonchev–Trinajstić information content (AvgIpc) is 3.05. The number of hydrogen-bond donors (Lipinski definition) is 5. The maximum Gasteiger partial charge on any atom is 0.469 e. The number of nitrogens with zero attached hydrogens (tertiary/aromatic N) is 3. The summed E-state index contributed by atoms with van der Waals surface area (Å²) in [6.45, 7) is -2.22. The summed E-state index contributed by atoms with van der Waals surface area (Å²) in [6.07, 6.45) is -2.60. The van der Waals surface area contributed by atoms with Crippen LogP contribution in [0.5, 0.6) is 0 Å². The van der Waals surface area contributed by atoms with Crippen LogP contribution in [0.25, 0.3) is 11.2 Å². The fourth-order valence-electron chi connectivity index (χ4n) is 2.46. The lowest BCUT2D eigenvalue weighted by Crippen LogP contribution is -2.29. The van der Waals surface area contributed by atoms with Crippen LogP contribution in [0.4, 0.5) is 5.95 Å². The number of nitrogens with one attached hydrogen (secondary N) is 1. The highest BCUT2D eigenvalue weighted by atomic mass is 31.2. The standard InChI is InChI=1S/C11H16N5O7P/c1-4-7(17)5(2-22-24(19,20)21)23-10(4)16-3-13-6-8(16)14-11(12)15-9(6)18/h3-5,7,10,17H,2H2,1H3,(H2,19,20,21)(H3,12,14,15,18)/t4-,5+,7?,10+/m0/s1/i1D2. The van der Waals surface area contributed by atoms with Gasteiger partial charge < -0.3 is 25.4 Å². The highest BCUT2D eigenvalue weighted by molar-refractivity contribution is 7.46. The first-order chi connectivity index (χ1) is 12.1. The van der Waals surface area contributed by atoms with E-state index in [4.69, 9.17) is 23.0 Å². The first-order valence-electron chi connectivity index (χ1n) is 7.84. The van der Waals surface area contributed by atoms with Crippen LogP contribution in [-0.4, -0.2) is 53.2 Å². The number of imidazole rings is 1. The van der Waals surface area contributed by atoms with E-state index in [2.05, 4.69) is 19.5 Å². The maximum absolute atomic E-state index is 11.9. The van der Waals surface area contributed by atoms with Crippen LogP contribution in [0.3, 0.4) is 0 Å². The van der Waals surface area contributed by atoms with Crippen molar-refractivity contribution in [2.75, 3.05) is 12.3 Å². The van der Waals surface area contributed by atoms with Crippen LogP contribution >= 0.6 is 7.82 Å². The molecule has 0 bridgehead atoms. The summed E-state index contributed by atoms with van der Waals surface area (Å²) in [5.41, 5.74) is 4.88. The minimum Gasteiger partial charge on any atom is -0.390 e. The summed E-state index contributed by atoms with van der Waals surface area (Å²) in [4.78, 5) is 39.6. The lowest BCUT2D eigenvalue weighted by Gasteiger charge is -2.17. The Kier molecular flexibility index (Phi) is 3.58. The molecule has 1 unspecified atom stereocenters. The number of aromatic nitrogens is 4. The Morgan fingerprint density at radius 3 is 3.04 bits per heavy atom. The number of phosphoric ester groups is 1. The lowest BCUT2D eigenvalue weighted by atomic mass is 10.0. The molecule has 1 aliphatic rings. The Labute approximate surface area is 137 Å². The zero-order chi connectivity index (χ0) is 19.2. The van der Waals surface area contributed by atoms with Gasteiger partial charge in [-0.3, -0.25) is 18.9 Å². The van der Waals surface area contributed by atoms with Crippen molar-refractivity contribution in [3.8, 4) is 0 Å². The van der Waals surface area contributed by atoms with E-state index >= 15 is 0 Å². The lowest BCUT2D eigenvalue weighted by molar-refractivity contribution is -0.0439. The van der Waals surface area contributed by atoms with Gasteiger partial charge in [-0.05, 0) is 0 Å². The molecule has 0 radical (unpaired) electrons. The molecule has 132 valence electrons. The van der Waals surface area contributed by atoms with E-state index in [0.29, 0.717) is 0 Å². The predicted molar refractivity (Wildman–Crippen MR) is 79.6 cm³/mol. The van der Waals surface area contributed by atoms with Crippen molar-refractivity contribution in [1.29, 1.82) is 0 Å². The van der Waals surface area contributed by atoms with Gasteiger partial charge in [0, 0.05) is 8.66 Å². The number of nitrogens with two attached hydrogens (primary N) is 1.